The fourth-order valence-corrected chi connectivity index (χ4v) is 7.90. The Hall–Kier alpha value is -3.00. The van der Waals surface area contributed by atoms with Crippen molar-refractivity contribution >= 4 is 39.6 Å². The SMILES string of the molecule is C=C(C)[C@@H](CN(CCC(C)(C)C)S(C)(=O)=O)NC(=O)N[C@H](C(=O)N1C[C@H]2[C@@H]([C@H]1C(=O)NC(CC1CCC1)C(=O)C(N)=O)C2(C)C)C(C)(C)C. The Bertz CT molecular complexity index is 1430. The maximum atomic E-state index is 14.3. The lowest BCUT2D eigenvalue weighted by Gasteiger charge is -2.38. The number of rotatable bonds is 15. The minimum atomic E-state index is -3.60. The van der Waals surface area contributed by atoms with E-state index in [2.05, 4.69) is 22.5 Å². The molecule has 3 aliphatic rings. The van der Waals surface area contributed by atoms with Crippen LogP contribution >= 0.6 is 0 Å². The van der Waals surface area contributed by atoms with Gasteiger partial charge in [0.15, 0.2) is 0 Å². The molecule has 49 heavy (non-hydrogen) atoms. The highest BCUT2D eigenvalue weighted by molar-refractivity contribution is 7.88. The molecule has 278 valence electrons. The predicted molar refractivity (Wildman–Crippen MR) is 188 cm³/mol. The highest BCUT2D eigenvalue weighted by Gasteiger charge is 2.70. The molecule has 2 saturated carbocycles. The van der Waals surface area contributed by atoms with E-state index >= 15 is 0 Å². The summed E-state index contributed by atoms with van der Waals surface area (Å²) in [6, 6.07) is -4.44. The minimum Gasteiger partial charge on any atom is -0.363 e. The van der Waals surface area contributed by atoms with Crippen molar-refractivity contribution in [1.29, 1.82) is 0 Å². The second-order valence-electron chi connectivity index (χ2n) is 17.5. The molecule has 5 N–H and O–H groups in total. The van der Waals surface area contributed by atoms with E-state index in [0.29, 0.717) is 25.0 Å². The molecule has 3 fully saturated rings. The third kappa shape index (κ3) is 10.0. The van der Waals surface area contributed by atoms with Gasteiger partial charge in [0.2, 0.25) is 27.6 Å². The molecule has 0 aromatic rings. The average molecular weight is 709 g/mol. The number of sulfonamides is 1. The summed E-state index contributed by atoms with van der Waals surface area (Å²) in [4.78, 5) is 67.9. The summed E-state index contributed by atoms with van der Waals surface area (Å²) in [7, 11) is -3.60. The lowest BCUT2D eigenvalue weighted by atomic mass is 9.80. The molecule has 0 aromatic carbocycles. The molecule has 2 aliphatic carbocycles. The van der Waals surface area contributed by atoms with Crippen LogP contribution in [0.25, 0.3) is 0 Å². The molecule has 3 rings (SSSR count). The van der Waals surface area contributed by atoms with Crippen LogP contribution in [0, 0.1) is 34.0 Å². The number of hydrogen-bond donors (Lipinski definition) is 4. The van der Waals surface area contributed by atoms with Gasteiger partial charge in [-0.25, -0.2) is 13.2 Å². The zero-order chi connectivity index (χ0) is 37.4. The number of nitrogens with zero attached hydrogens (tertiary/aromatic N) is 2. The third-order valence-electron chi connectivity index (χ3n) is 10.7. The third-order valence-corrected chi connectivity index (χ3v) is 12.0. The number of ketones is 1. The van der Waals surface area contributed by atoms with Crippen molar-refractivity contribution < 1.29 is 32.4 Å². The predicted octanol–water partition coefficient (Wildman–Crippen LogP) is 2.56. The highest BCUT2D eigenvalue weighted by atomic mass is 32.2. The van der Waals surface area contributed by atoms with Crippen LogP contribution in [0.5, 0.6) is 0 Å². The number of piperidine rings is 1. The molecule has 0 aromatic heterocycles. The largest absolute Gasteiger partial charge is 0.363 e. The van der Waals surface area contributed by atoms with Crippen molar-refractivity contribution in [3.63, 3.8) is 0 Å². The number of carbonyl (C=O) groups excluding carboxylic acids is 5. The van der Waals surface area contributed by atoms with Crippen LogP contribution < -0.4 is 21.7 Å². The number of nitrogens with two attached hydrogens (primary N) is 1. The van der Waals surface area contributed by atoms with Crippen molar-refractivity contribution in [3.8, 4) is 0 Å². The lowest BCUT2D eigenvalue weighted by molar-refractivity contribution is -0.145. The molecule has 5 amide bonds. The highest BCUT2D eigenvalue weighted by Crippen LogP contribution is 2.65. The molecule has 13 nitrogen and oxygen atoms in total. The van der Waals surface area contributed by atoms with Crippen LogP contribution in [-0.2, 0) is 29.2 Å². The number of nitrogens with one attached hydrogen (secondary N) is 3. The first-order valence-corrected chi connectivity index (χ1v) is 19.2. The van der Waals surface area contributed by atoms with E-state index < -0.39 is 69.1 Å². The van der Waals surface area contributed by atoms with Crippen LogP contribution in [0.1, 0.15) is 94.4 Å². The number of carbonyl (C=O) groups is 5. The van der Waals surface area contributed by atoms with Gasteiger partial charge in [-0.1, -0.05) is 86.8 Å². The van der Waals surface area contributed by atoms with E-state index in [1.807, 2.05) is 34.6 Å². The molecule has 1 saturated heterocycles. The van der Waals surface area contributed by atoms with Gasteiger partial charge in [-0.15, -0.1) is 0 Å². The average Bonchev–Trinajstić information content (AvgIpc) is 3.24. The Morgan fingerprint density at radius 3 is 2.04 bits per heavy atom. The van der Waals surface area contributed by atoms with Crippen LogP contribution in [0.15, 0.2) is 12.2 Å². The molecular formula is C35H60N6O7S. The fraction of sp³-hybridized carbons (Fsp3) is 0.800. The molecule has 6 atom stereocenters. The molecule has 14 heteroatoms. The zero-order valence-corrected chi connectivity index (χ0v) is 32.0. The van der Waals surface area contributed by atoms with Gasteiger partial charge in [0.1, 0.15) is 12.1 Å². The Kier molecular flexibility index (Phi) is 12.1. The summed E-state index contributed by atoms with van der Waals surface area (Å²) in [5.74, 6) is -2.84. The number of amides is 5. The van der Waals surface area contributed by atoms with Crippen molar-refractivity contribution in [2.45, 2.75) is 119 Å². The molecule has 0 bridgehead atoms. The first-order valence-electron chi connectivity index (χ1n) is 17.4. The van der Waals surface area contributed by atoms with Gasteiger partial charge in [-0.3, -0.25) is 19.2 Å². The summed E-state index contributed by atoms with van der Waals surface area (Å²) >= 11 is 0. The van der Waals surface area contributed by atoms with Gasteiger partial charge in [0, 0.05) is 19.6 Å². The van der Waals surface area contributed by atoms with Crippen LogP contribution in [-0.4, -0.2) is 97.2 Å². The van der Waals surface area contributed by atoms with Gasteiger partial charge < -0.3 is 26.6 Å². The van der Waals surface area contributed by atoms with E-state index in [0.717, 1.165) is 25.5 Å². The van der Waals surface area contributed by atoms with Gasteiger partial charge in [0.25, 0.3) is 5.91 Å². The van der Waals surface area contributed by atoms with Crippen molar-refractivity contribution in [1.82, 2.24) is 25.2 Å². The number of hydrogen-bond acceptors (Lipinski definition) is 7. The van der Waals surface area contributed by atoms with E-state index in [1.54, 1.807) is 27.7 Å². The lowest BCUT2D eigenvalue weighted by Crippen LogP contribution is -2.62. The van der Waals surface area contributed by atoms with Gasteiger partial charge in [0.05, 0.1) is 18.3 Å². The Morgan fingerprint density at radius 2 is 1.59 bits per heavy atom. The first-order chi connectivity index (χ1) is 22.3. The Morgan fingerprint density at radius 1 is 1.00 bits per heavy atom. The molecule has 0 radical (unpaired) electrons. The van der Waals surface area contributed by atoms with Gasteiger partial charge in [-0.2, -0.15) is 4.31 Å². The number of likely N-dealkylation sites (tertiary alicyclic amines) is 1. The standard InChI is InChI=1S/C35H60N6O7S/c1-20(2)24(19-40(49(11,47)48)16-15-33(3,4)5)38-32(46)39-28(34(6,7)8)31(45)41-18-22-25(35(22,9)10)26(41)30(44)37-23(27(42)29(36)43)17-21-13-12-14-21/h21-26,28H,1,12-19H2,2-11H3,(H2,36,43)(H,37,44)(H2,38,39,46)/t22-,23?,24+,25-,26-,28+/m0/s1. The number of primary amides is 1. The first kappa shape index (κ1) is 40.4. The van der Waals surface area contributed by atoms with Crippen molar-refractivity contribution in [2.24, 2.45) is 39.7 Å². The second kappa shape index (κ2) is 14.7. The van der Waals surface area contributed by atoms with E-state index in [9.17, 15) is 32.4 Å². The number of fused-ring (bicyclic) bond motifs is 1. The molecule has 1 unspecified atom stereocenters. The van der Waals surface area contributed by atoms with E-state index in [-0.39, 0.29) is 41.7 Å². The summed E-state index contributed by atoms with van der Waals surface area (Å²) in [6.45, 7) is 21.8. The van der Waals surface area contributed by atoms with Crippen LogP contribution in [0.2, 0.25) is 0 Å². The summed E-state index contributed by atoms with van der Waals surface area (Å²) in [6.07, 6.45) is 4.88. The van der Waals surface area contributed by atoms with Crippen LogP contribution in [0.4, 0.5) is 4.79 Å². The van der Waals surface area contributed by atoms with E-state index in [1.165, 1.54) is 9.21 Å². The second-order valence-corrected chi connectivity index (χ2v) is 19.4. The zero-order valence-electron chi connectivity index (χ0n) is 31.1. The normalized spacial score (nSPS) is 23.8. The maximum absolute atomic E-state index is 14.3. The van der Waals surface area contributed by atoms with Crippen molar-refractivity contribution in [3.05, 3.63) is 12.2 Å². The topological polar surface area (TPSA) is 188 Å². The monoisotopic (exact) mass is 708 g/mol. The summed E-state index contributed by atoms with van der Waals surface area (Å²) in [5, 5.41) is 8.41. The Balaban J connectivity index is 1.81. The molecular weight excluding hydrogens is 648 g/mol. The fourth-order valence-electron chi connectivity index (χ4n) is 7.06. The number of urea groups is 1. The van der Waals surface area contributed by atoms with Gasteiger partial charge in [-0.05, 0) is 53.8 Å². The molecule has 0 spiro atoms. The van der Waals surface area contributed by atoms with Crippen molar-refractivity contribution in [2.75, 3.05) is 25.9 Å². The van der Waals surface area contributed by atoms with Gasteiger partial charge >= 0.3 is 6.03 Å². The summed E-state index contributed by atoms with van der Waals surface area (Å²) < 4.78 is 26.6. The minimum absolute atomic E-state index is 0.0232. The number of Topliss-reactive ketones (excluding diaryl/α,β-unsaturated/α-hetero) is 1. The molecule has 1 aliphatic heterocycles. The maximum Gasteiger partial charge on any atom is 0.315 e. The van der Waals surface area contributed by atoms with E-state index in [4.69, 9.17) is 5.73 Å². The quantitative estimate of drug-likeness (QED) is 0.149. The Labute approximate surface area is 293 Å². The smallest absolute Gasteiger partial charge is 0.315 e. The molecule has 1 heterocycles. The summed E-state index contributed by atoms with van der Waals surface area (Å²) in [5.41, 5.74) is 4.77. The van der Waals surface area contributed by atoms with Crippen LogP contribution in [0.3, 0.4) is 0 Å².